The largest absolute Gasteiger partial charge is 0.367 e. The Morgan fingerprint density at radius 2 is 1.70 bits per heavy atom. The molecule has 0 saturated heterocycles. The number of hydrogen-bond donors (Lipinski definition) is 1. The Morgan fingerprint density at radius 1 is 1.05 bits per heavy atom. The number of halogens is 2. The summed E-state index contributed by atoms with van der Waals surface area (Å²) in [5.74, 6) is -0.602. The van der Waals surface area contributed by atoms with E-state index in [1.165, 1.54) is 12.1 Å². The van der Waals surface area contributed by atoms with Gasteiger partial charge in [0.05, 0.1) is 6.04 Å². The average molecular weight is 276 g/mol. The van der Waals surface area contributed by atoms with Crippen molar-refractivity contribution in [1.82, 2.24) is 0 Å². The lowest BCUT2D eigenvalue weighted by molar-refractivity contribution is 0.581. The molecular weight excluding hydrogens is 258 g/mol. The second-order valence-electron chi connectivity index (χ2n) is 4.75. The minimum Gasteiger partial charge on any atom is -0.367 e. The fourth-order valence-corrected chi connectivity index (χ4v) is 2.31. The Balaban J connectivity index is 2.39. The quantitative estimate of drug-likeness (QED) is 0.924. The van der Waals surface area contributed by atoms with E-state index in [0.29, 0.717) is 16.8 Å². The van der Waals surface area contributed by atoms with Gasteiger partial charge < -0.3 is 10.6 Å². The molecule has 2 aromatic carbocycles. The van der Waals surface area contributed by atoms with Crippen LogP contribution in [0.25, 0.3) is 0 Å². The van der Waals surface area contributed by atoms with E-state index < -0.39 is 0 Å². The van der Waals surface area contributed by atoms with Gasteiger partial charge in [-0.15, -0.1) is 0 Å². The van der Waals surface area contributed by atoms with Gasteiger partial charge in [0.15, 0.2) is 0 Å². The predicted octanol–water partition coefficient (Wildman–Crippen LogP) is 3.62. The highest BCUT2D eigenvalue weighted by Crippen LogP contribution is 2.30. The molecule has 0 amide bonds. The minimum absolute atomic E-state index is 0.107. The molecule has 2 nitrogen and oxygen atoms in total. The fourth-order valence-electron chi connectivity index (χ4n) is 2.31. The van der Waals surface area contributed by atoms with Crippen molar-refractivity contribution in [2.45, 2.75) is 19.5 Å². The highest BCUT2D eigenvalue weighted by atomic mass is 19.1. The van der Waals surface area contributed by atoms with Gasteiger partial charge in [0.1, 0.15) is 11.6 Å². The Labute approximate surface area is 117 Å². The van der Waals surface area contributed by atoms with Gasteiger partial charge in [0.2, 0.25) is 0 Å². The summed E-state index contributed by atoms with van der Waals surface area (Å²) >= 11 is 0. The summed E-state index contributed by atoms with van der Waals surface area (Å²) in [6.07, 6.45) is 0. The van der Waals surface area contributed by atoms with Gasteiger partial charge in [0, 0.05) is 30.4 Å². The molecule has 0 aliphatic carbocycles. The van der Waals surface area contributed by atoms with Crippen LogP contribution in [0.1, 0.15) is 24.1 Å². The van der Waals surface area contributed by atoms with Crippen molar-refractivity contribution in [3.63, 3.8) is 0 Å². The van der Waals surface area contributed by atoms with E-state index in [9.17, 15) is 8.78 Å². The van der Waals surface area contributed by atoms with Crippen molar-refractivity contribution >= 4 is 5.69 Å². The van der Waals surface area contributed by atoms with Crippen molar-refractivity contribution in [1.29, 1.82) is 0 Å². The Hall–Kier alpha value is -1.94. The van der Waals surface area contributed by atoms with Crippen LogP contribution in [0.2, 0.25) is 0 Å². The van der Waals surface area contributed by atoms with Crippen LogP contribution in [-0.2, 0) is 6.54 Å². The molecule has 0 aromatic heterocycles. The van der Waals surface area contributed by atoms with E-state index in [-0.39, 0.29) is 24.2 Å². The fraction of sp³-hybridized carbons (Fsp3) is 0.250. The molecule has 0 fully saturated rings. The lowest BCUT2D eigenvalue weighted by Crippen LogP contribution is -2.24. The Bertz CT molecular complexity index is 599. The average Bonchev–Trinajstić information content (AvgIpc) is 2.46. The topological polar surface area (TPSA) is 29.3 Å². The van der Waals surface area contributed by atoms with Crippen molar-refractivity contribution in [2.24, 2.45) is 5.73 Å². The summed E-state index contributed by atoms with van der Waals surface area (Å²) in [5, 5.41) is 0. The van der Waals surface area contributed by atoms with E-state index in [1.807, 2.05) is 18.9 Å². The number of nitrogens with zero attached hydrogens (tertiary/aromatic N) is 1. The zero-order chi connectivity index (χ0) is 14.7. The molecule has 0 radical (unpaired) electrons. The van der Waals surface area contributed by atoms with Gasteiger partial charge in [-0.1, -0.05) is 24.3 Å². The van der Waals surface area contributed by atoms with Crippen LogP contribution in [0, 0.1) is 11.6 Å². The first-order valence-electron chi connectivity index (χ1n) is 6.51. The summed E-state index contributed by atoms with van der Waals surface area (Å²) in [6.45, 7) is 1.99. The van der Waals surface area contributed by atoms with Crippen LogP contribution in [-0.4, -0.2) is 7.05 Å². The smallest absolute Gasteiger partial charge is 0.129 e. The highest BCUT2D eigenvalue weighted by molar-refractivity contribution is 5.55. The minimum atomic E-state index is -0.336. The Morgan fingerprint density at radius 3 is 2.35 bits per heavy atom. The van der Waals surface area contributed by atoms with Gasteiger partial charge in [-0.3, -0.25) is 0 Å². The van der Waals surface area contributed by atoms with Gasteiger partial charge in [-0.2, -0.15) is 0 Å². The molecule has 2 N–H and O–H groups in total. The number of nitrogens with two attached hydrogens (primary N) is 1. The van der Waals surface area contributed by atoms with Crippen molar-refractivity contribution in [3.05, 3.63) is 65.2 Å². The molecule has 1 atom stereocenters. The predicted molar refractivity (Wildman–Crippen MR) is 77.5 cm³/mol. The molecule has 1 unspecified atom stereocenters. The number of rotatable bonds is 4. The SMILES string of the molecule is CC(c1ccccc1F)N(C)c1cccc(F)c1CN. The van der Waals surface area contributed by atoms with E-state index in [4.69, 9.17) is 5.73 Å². The normalized spacial score (nSPS) is 12.2. The first kappa shape index (κ1) is 14.5. The van der Waals surface area contributed by atoms with Gasteiger partial charge in [-0.25, -0.2) is 8.78 Å². The molecule has 0 spiro atoms. The third kappa shape index (κ3) is 2.65. The van der Waals surface area contributed by atoms with Crippen molar-refractivity contribution in [3.8, 4) is 0 Å². The molecule has 106 valence electrons. The first-order chi connectivity index (χ1) is 9.56. The lowest BCUT2D eigenvalue weighted by atomic mass is 10.0. The Kier molecular flexibility index (Phi) is 4.35. The summed E-state index contributed by atoms with van der Waals surface area (Å²) < 4.78 is 27.6. The molecule has 0 aliphatic rings. The molecular formula is C16H18F2N2. The first-order valence-corrected chi connectivity index (χ1v) is 6.51. The summed E-state index contributed by atoms with van der Waals surface area (Å²) in [4.78, 5) is 1.84. The van der Waals surface area contributed by atoms with Gasteiger partial charge in [-0.05, 0) is 25.1 Å². The maximum atomic E-state index is 13.9. The summed E-state index contributed by atoms with van der Waals surface area (Å²) in [7, 11) is 1.81. The summed E-state index contributed by atoms with van der Waals surface area (Å²) in [5.41, 5.74) is 7.32. The maximum Gasteiger partial charge on any atom is 0.129 e. The van der Waals surface area contributed by atoms with Crippen LogP contribution < -0.4 is 10.6 Å². The van der Waals surface area contributed by atoms with Crippen molar-refractivity contribution in [2.75, 3.05) is 11.9 Å². The van der Waals surface area contributed by atoms with Crippen LogP contribution in [0.5, 0.6) is 0 Å². The molecule has 0 heterocycles. The molecule has 2 rings (SSSR count). The van der Waals surface area contributed by atoms with Crippen LogP contribution >= 0.6 is 0 Å². The van der Waals surface area contributed by atoms with Crippen LogP contribution in [0.4, 0.5) is 14.5 Å². The van der Waals surface area contributed by atoms with E-state index >= 15 is 0 Å². The summed E-state index contributed by atoms with van der Waals surface area (Å²) in [6, 6.07) is 11.2. The highest BCUT2D eigenvalue weighted by Gasteiger charge is 2.19. The van der Waals surface area contributed by atoms with E-state index in [0.717, 1.165) is 0 Å². The van der Waals surface area contributed by atoms with Gasteiger partial charge in [0.25, 0.3) is 0 Å². The molecule has 2 aromatic rings. The zero-order valence-electron chi connectivity index (χ0n) is 11.6. The molecule has 0 bridgehead atoms. The van der Waals surface area contributed by atoms with Crippen LogP contribution in [0.15, 0.2) is 42.5 Å². The zero-order valence-corrected chi connectivity index (χ0v) is 11.6. The second-order valence-corrected chi connectivity index (χ2v) is 4.75. The molecule has 20 heavy (non-hydrogen) atoms. The number of hydrogen-bond acceptors (Lipinski definition) is 2. The van der Waals surface area contributed by atoms with E-state index in [2.05, 4.69) is 0 Å². The van der Waals surface area contributed by atoms with Crippen LogP contribution in [0.3, 0.4) is 0 Å². The van der Waals surface area contributed by atoms with Gasteiger partial charge >= 0.3 is 0 Å². The third-order valence-electron chi connectivity index (χ3n) is 3.61. The molecule has 0 aliphatic heterocycles. The lowest BCUT2D eigenvalue weighted by Gasteiger charge is -2.29. The monoisotopic (exact) mass is 276 g/mol. The van der Waals surface area contributed by atoms with Crippen molar-refractivity contribution < 1.29 is 8.78 Å². The molecule has 0 saturated carbocycles. The second kappa shape index (κ2) is 6.01. The molecule has 4 heteroatoms. The third-order valence-corrected chi connectivity index (χ3v) is 3.61. The maximum absolute atomic E-state index is 13.9. The van der Waals surface area contributed by atoms with E-state index in [1.54, 1.807) is 30.3 Å². The standard InChI is InChI=1S/C16H18F2N2/c1-11(12-6-3-4-7-14(12)17)20(2)16-9-5-8-15(18)13(16)10-19/h3-9,11H,10,19H2,1-2H3. The number of anilines is 1. The number of benzene rings is 2.